The van der Waals surface area contributed by atoms with Gasteiger partial charge in [-0.25, -0.2) is 0 Å². The Labute approximate surface area is 114 Å². The highest BCUT2D eigenvalue weighted by atomic mass is 16.3. The highest BCUT2D eigenvalue weighted by molar-refractivity contribution is 5.96. The van der Waals surface area contributed by atoms with Crippen molar-refractivity contribution in [2.75, 3.05) is 18.6 Å². The smallest absolute Gasteiger partial charge is 0.254 e. The molecule has 106 valence electrons. The number of hydrogen-bond donors (Lipinski definition) is 3. The molecule has 0 saturated carbocycles. The lowest BCUT2D eigenvalue weighted by Crippen LogP contribution is -2.38. The van der Waals surface area contributed by atoms with Crippen LogP contribution >= 0.6 is 0 Å². The Morgan fingerprint density at radius 1 is 1.47 bits per heavy atom. The molecular weight excluding hydrogens is 242 g/mol. The first-order chi connectivity index (χ1) is 9.01. The van der Waals surface area contributed by atoms with Crippen molar-refractivity contribution in [3.05, 3.63) is 29.3 Å². The normalized spacial score (nSPS) is 10.6. The van der Waals surface area contributed by atoms with Crippen LogP contribution in [0.5, 0.6) is 0 Å². The van der Waals surface area contributed by atoms with Gasteiger partial charge in [-0.1, -0.05) is 0 Å². The van der Waals surface area contributed by atoms with E-state index in [0.29, 0.717) is 18.5 Å². The van der Waals surface area contributed by atoms with E-state index in [4.69, 9.17) is 10.9 Å². The van der Waals surface area contributed by atoms with Gasteiger partial charge in [0.05, 0.1) is 0 Å². The van der Waals surface area contributed by atoms with Gasteiger partial charge in [-0.2, -0.15) is 0 Å². The number of benzene rings is 1. The van der Waals surface area contributed by atoms with Gasteiger partial charge in [-0.3, -0.25) is 10.6 Å². The molecule has 0 unspecified atom stereocenters. The maximum Gasteiger partial charge on any atom is 0.254 e. The predicted molar refractivity (Wildman–Crippen MR) is 76.9 cm³/mol. The molecule has 0 aliphatic rings. The van der Waals surface area contributed by atoms with Crippen molar-refractivity contribution in [1.29, 1.82) is 0 Å². The quantitative estimate of drug-likeness (QED) is 0.538. The third kappa shape index (κ3) is 3.94. The van der Waals surface area contributed by atoms with Gasteiger partial charge in [0.1, 0.15) is 0 Å². The molecule has 0 fully saturated rings. The molecule has 4 N–H and O–H groups in total. The van der Waals surface area contributed by atoms with Gasteiger partial charge in [-0.05, 0) is 51.0 Å². The molecule has 0 heterocycles. The van der Waals surface area contributed by atoms with Crippen molar-refractivity contribution in [3.8, 4) is 0 Å². The van der Waals surface area contributed by atoms with Crippen LogP contribution in [-0.2, 0) is 0 Å². The molecule has 0 aliphatic heterocycles. The third-order valence-corrected chi connectivity index (χ3v) is 3.06. The summed E-state index contributed by atoms with van der Waals surface area (Å²) in [5.74, 6) is 5.34. The van der Waals surface area contributed by atoms with E-state index in [0.717, 1.165) is 11.3 Å². The number of aliphatic hydroxyl groups excluding tert-OH is 1. The van der Waals surface area contributed by atoms with Gasteiger partial charge in [0.15, 0.2) is 0 Å². The number of nitrogens with zero attached hydrogens (tertiary/aromatic N) is 1. The Hall–Kier alpha value is -1.59. The maximum absolute atomic E-state index is 12.5. The molecule has 0 radical (unpaired) electrons. The van der Waals surface area contributed by atoms with Gasteiger partial charge in [0.2, 0.25) is 0 Å². The fraction of sp³-hybridized carbons (Fsp3) is 0.500. The van der Waals surface area contributed by atoms with Gasteiger partial charge in [-0.15, -0.1) is 0 Å². The predicted octanol–water partition coefficient (Wildman–Crippen LogP) is 1.51. The lowest BCUT2D eigenvalue weighted by Gasteiger charge is -2.27. The summed E-state index contributed by atoms with van der Waals surface area (Å²) in [5, 5.41) is 8.91. The van der Waals surface area contributed by atoms with Crippen molar-refractivity contribution in [1.82, 2.24) is 4.90 Å². The largest absolute Gasteiger partial charge is 0.396 e. The number of amides is 1. The Bertz CT molecular complexity index is 433. The Balaban J connectivity index is 2.96. The molecule has 1 aromatic rings. The summed E-state index contributed by atoms with van der Waals surface area (Å²) in [4.78, 5) is 14.3. The van der Waals surface area contributed by atoms with Crippen LogP contribution in [0.2, 0.25) is 0 Å². The first kappa shape index (κ1) is 15.5. The number of carbonyl (C=O) groups is 1. The van der Waals surface area contributed by atoms with Crippen molar-refractivity contribution in [2.45, 2.75) is 33.2 Å². The summed E-state index contributed by atoms with van der Waals surface area (Å²) in [6, 6.07) is 5.51. The van der Waals surface area contributed by atoms with Crippen LogP contribution in [0.3, 0.4) is 0 Å². The van der Waals surface area contributed by atoms with E-state index in [-0.39, 0.29) is 18.6 Å². The SMILES string of the molecule is Cc1cc(NN)ccc1C(=O)N(CCCO)C(C)C. The Morgan fingerprint density at radius 2 is 2.16 bits per heavy atom. The second kappa shape index (κ2) is 7.11. The van der Waals surface area contributed by atoms with Crippen LogP contribution in [0.1, 0.15) is 36.2 Å². The highest BCUT2D eigenvalue weighted by Crippen LogP contribution is 2.17. The number of aryl methyl sites for hydroxylation is 1. The summed E-state index contributed by atoms with van der Waals surface area (Å²) in [6.07, 6.45) is 0.589. The third-order valence-electron chi connectivity index (χ3n) is 3.06. The number of rotatable bonds is 6. The number of nitrogens with one attached hydrogen (secondary N) is 1. The van der Waals surface area contributed by atoms with Crippen LogP contribution in [0.4, 0.5) is 5.69 Å². The zero-order valence-corrected chi connectivity index (χ0v) is 11.8. The number of anilines is 1. The zero-order valence-electron chi connectivity index (χ0n) is 11.8. The molecule has 0 saturated heterocycles. The summed E-state index contributed by atoms with van der Waals surface area (Å²) in [6.45, 7) is 6.48. The lowest BCUT2D eigenvalue weighted by molar-refractivity contribution is 0.0692. The number of nitrogens with two attached hydrogens (primary N) is 1. The molecule has 1 aromatic carbocycles. The molecule has 0 atom stereocenters. The second-order valence-electron chi connectivity index (χ2n) is 4.84. The molecule has 5 nitrogen and oxygen atoms in total. The minimum Gasteiger partial charge on any atom is -0.396 e. The zero-order chi connectivity index (χ0) is 14.4. The molecule has 0 spiro atoms. The van der Waals surface area contributed by atoms with E-state index >= 15 is 0 Å². The first-order valence-electron chi connectivity index (χ1n) is 6.50. The van der Waals surface area contributed by atoms with Crippen LogP contribution in [-0.4, -0.2) is 35.1 Å². The summed E-state index contributed by atoms with van der Waals surface area (Å²) in [5.41, 5.74) is 4.90. The fourth-order valence-electron chi connectivity index (χ4n) is 1.98. The van der Waals surface area contributed by atoms with Gasteiger partial charge in [0, 0.05) is 30.4 Å². The molecule has 19 heavy (non-hydrogen) atoms. The van der Waals surface area contributed by atoms with Gasteiger partial charge < -0.3 is 15.4 Å². The lowest BCUT2D eigenvalue weighted by atomic mass is 10.1. The average Bonchev–Trinajstić information content (AvgIpc) is 2.38. The van der Waals surface area contributed by atoms with E-state index in [1.54, 1.807) is 17.0 Å². The molecule has 0 bridgehead atoms. The number of hydrogen-bond acceptors (Lipinski definition) is 4. The minimum atomic E-state index is -0.00970. The Kier molecular flexibility index (Phi) is 5.79. The highest BCUT2D eigenvalue weighted by Gasteiger charge is 2.19. The van der Waals surface area contributed by atoms with E-state index in [9.17, 15) is 4.79 Å². The maximum atomic E-state index is 12.5. The number of aliphatic hydroxyl groups is 1. The standard InChI is InChI=1S/C14H23N3O2/c1-10(2)17(7-4-8-18)14(19)13-6-5-12(16-15)9-11(13)3/h5-6,9-10,16,18H,4,7-8,15H2,1-3H3. The molecule has 1 amide bonds. The van der Waals surface area contributed by atoms with Crippen LogP contribution in [0, 0.1) is 6.92 Å². The molecule has 0 aromatic heterocycles. The van der Waals surface area contributed by atoms with E-state index in [1.807, 2.05) is 26.8 Å². The molecule has 5 heteroatoms. The van der Waals surface area contributed by atoms with Crippen LogP contribution in [0.15, 0.2) is 18.2 Å². The fourth-order valence-corrected chi connectivity index (χ4v) is 1.98. The van der Waals surface area contributed by atoms with Crippen molar-refractivity contribution < 1.29 is 9.90 Å². The van der Waals surface area contributed by atoms with Crippen molar-refractivity contribution in [2.24, 2.45) is 5.84 Å². The minimum absolute atomic E-state index is 0.00970. The number of hydrazine groups is 1. The monoisotopic (exact) mass is 265 g/mol. The number of nitrogen functional groups attached to an aromatic ring is 1. The summed E-state index contributed by atoms with van der Waals surface area (Å²) in [7, 11) is 0. The van der Waals surface area contributed by atoms with E-state index in [2.05, 4.69) is 5.43 Å². The first-order valence-corrected chi connectivity index (χ1v) is 6.50. The van der Waals surface area contributed by atoms with Gasteiger partial charge in [0.25, 0.3) is 5.91 Å². The molecule has 0 aliphatic carbocycles. The Morgan fingerprint density at radius 3 is 2.63 bits per heavy atom. The van der Waals surface area contributed by atoms with Crippen LogP contribution in [0.25, 0.3) is 0 Å². The molecule has 1 rings (SSSR count). The van der Waals surface area contributed by atoms with Crippen molar-refractivity contribution in [3.63, 3.8) is 0 Å². The number of carbonyl (C=O) groups excluding carboxylic acids is 1. The topological polar surface area (TPSA) is 78.6 Å². The average molecular weight is 265 g/mol. The van der Waals surface area contributed by atoms with E-state index in [1.165, 1.54) is 0 Å². The molecular formula is C14H23N3O2. The summed E-state index contributed by atoms with van der Waals surface area (Å²) >= 11 is 0. The van der Waals surface area contributed by atoms with Gasteiger partial charge >= 0.3 is 0 Å². The van der Waals surface area contributed by atoms with Crippen molar-refractivity contribution >= 4 is 11.6 Å². The van der Waals surface area contributed by atoms with Crippen LogP contribution < -0.4 is 11.3 Å². The van der Waals surface area contributed by atoms with E-state index < -0.39 is 0 Å². The second-order valence-corrected chi connectivity index (χ2v) is 4.84. The summed E-state index contributed by atoms with van der Waals surface area (Å²) < 4.78 is 0.